The van der Waals surface area contributed by atoms with Gasteiger partial charge in [-0.1, -0.05) is 6.07 Å². The van der Waals surface area contributed by atoms with Crippen molar-refractivity contribution in [2.75, 3.05) is 13.6 Å². The molecule has 0 saturated heterocycles. The van der Waals surface area contributed by atoms with Gasteiger partial charge in [-0.25, -0.2) is 0 Å². The van der Waals surface area contributed by atoms with Crippen LogP contribution in [0.4, 0.5) is 0 Å². The molecule has 0 fully saturated rings. The van der Waals surface area contributed by atoms with Crippen molar-refractivity contribution in [2.24, 2.45) is 0 Å². The van der Waals surface area contributed by atoms with Crippen molar-refractivity contribution >= 4 is 21.5 Å². The molecule has 6 rings (SSSR count). The molecule has 0 saturated carbocycles. The Hall–Kier alpha value is -3.54. The summed E-state index contributed by atoms with van der Waals surface area (Å²) < 4.78 is 22.0. The smallest absolute Gasteiger partial charge is 0.231 e. The lowest BCUT2D eigenvalue weighted by atomic mass is 9.93. The normalized spacial score (nSPS) is 14.5. The average Bonchev–Trinajstić information content (AvgIpc) is 3.37. The molecule has 3 aromatic carbocycles. The van der Waals surface area contributed by atoms with Crippen LogP contribution in [0.15, 0.2) is 42.6 Å². The molecule has 2 aliphatic rings. The van der Waals surface area contributed by atoms with Gasteiger partial charge in [0.2, 0.25) is 13.6 Å². The summed E-state index contributed by atoms with van der Waals surface area (Å²) in [5.74, 6) is 3.02. The van der Waals surface area contributed by atoms with Crippen molar-refractivity contribution in [1.82, 2.24) is 4.98 Å². The Kier molecular flexibility index (Phi) is 2.51. The van der Waals surface area contributed by atoms with Gasteiger partial charge >= 0.3 is 0 Å². The van der Waals surface area contributed by atoms with Gasteiger partial charge in [-0.3, -0.25) is 0 Å². The quantitative estimate of drug-likeness (QED) is 0.541. The van der Waals surface area contributed by atoms with Crippen LogP contribution in [-0.2, 0) is 0 Å². The zero-order valence-electron chi connectivity index (χ0n) is 13.5. The highest BCUT2D eigenvalue weighted by Gasteiger charge is 2.21. The number of hydrogen-bond acceptors (Lipinski definition) is 5. The summed E-state index contributed by atoms with van der Waals surface area (Å²) in [5, 5.41) is 13.9. The molecule has 2 aliphatic heterocycles. The molecule has 0 atom stereocenters. The van der Waals surface area contributed by atoms with Crippen molar-refractivity contribution in [3.8, 4) is 40.0 Å². The lowest BCUT2D eigenvalue weighted by Crippen LogP contribution is -1.92. The molecule has 6 nitrogen and oxygen atoms in total. The Morgan fingerprint density at radius 3 is 2.31 bits per heavy atom. The third-order valence-corrected chi connectivity index (χ3v) is 4.94. The molecule has 0 amide bonds. The minimum atomic E-state index is 0.140. The topological polar surface area (TPSA) is 72.9 Å². The first-order valence-corrected chi connectivity index (χ1v) is 8.24. The first kappa shape index (κ1) is 13.7. The maximum absolute atomic E-state index is 10.2. The number of fused-ring (bicyclic) bond motifs is 4. The Balaban J connectivity index is 1.74. The lowest BCUT2D eigenvalue weighted by Gasteiger charge is -2.11. The monoisotopic (exact) mass is 347 g/mol. The lowest BCUT2D eigenvalue weighted by molar-refractivity contribution is 0.173. The highest BCUT2D eigenvalue weighted by molar-refractivity contribution is 6.14. The van der Waals surface area contributed by atoms with Gasteiger partial charge < -0.3 is 29.0 Å². The fraction of sp³-hybridized carbons (Fsp3) is 0.100. The number of aromatic nitrogens is 1. The molecular formula is C20H13NO5. The third kappa shape index (κ3) is 1.75. The number of rotatable bonds is 1. The molecule has 1 aromatic heterocycles. The molecular weight excluding hydrogens is 334 g/mol. The molecule has 3 heterocycles. The second-order valence-corrected chi connectivity index (χ2v) is 6.34. The maximum Gasteiger partial charge on any atom is 0.231 e. The molecule has 0 bridgehead atoms. The average molecular weight is 347 g/mol. The molecule has 0 spiro atoms. The summed E-state index contributed by atoms with van der Waals surface area (Å²) in [6.07, 6.45) is 1.81. The Labute approximate surface area is 147 Å². The summed E-state index contributed by atoms with van der Waals surface area (Å²) >= 11 is 0. The van der Waals surface area contributed by atoms with Crippen LogP contribution in [0.5, 0.6) is 28.9 Å². The van der Waals surface area contributed by atoms with Gasteiger partial charge in [-0.15, -0.1) is 0 Å². The largest absolute Gasteiger partial charge is 0.494 e. The zero-order valence-corrected chi connectivity index (χ0v) is 13.5. The zero-order chi connectivity index (χ0) is 17.3. The van der Waals surface area contributed by atoms with Crippen LogP contribution in [0.3, 0.4) is 0 Å². The van der Waals surface area contributed by atoms with Gasteiger partial charge in [0.15, 0.2) is 28.9 Å². The minimum absolute atomic E-state index is 0.140. The van der Waals surface area contributed by atoms with E-state index in [1.165, 1.54) is 0 Å². The minimum Gasteiger partial charge on any atom is -0.494 e. The molecule has 0 radical (unpaired) electrons. The van der Waals surface area contributed by atoms with Gasteiger partial charge in [-0.2, -0.15) is 0 Å². The molecule has 6 heteroatoms. The van der Waals surface area contributed by atoms with E-state index in [0.717, 1.165) is 44.2 Å². The third-order valence-electron chi connectivity index (χ3n) is 4.94. The van der Waals surface area contributed by atoms with E-state index >= 15 is 0 Å². The molecule has 128 valence electrons. The van der Waals surface area contributed by atoms with E-state index in [-0.39, 0.29) is 19.5 Å². The van der Waals surface area contributed by atoms with Crippen molar-refractivity contribution in [3.05, 3.63) is 42.6 Å². The SMILES string of the molecule is Oc1[nH]cc2c(-c3ccc4c(c3)OCO4)c3cc4c(cc3cc12)OCO4. The van der Waals surface area contributed by atoms with Crippen LogP contribution in [0.1, 0.15) is 0 Å². The Morgan fingerprint density at radius 1 is 0.731 bits per heavy atom. The van der Waals surface area contributed by atoms with Crippen LogP contribution in [0, 0.1) is 0 Å². The second-order valence-electron chi connectivity index (χ2n) is 6.34. The van der Waals surface area contributed by atoms with E-state index < -0.39 is 0 Å². The molecule has 0 aliphatic carbocycles. The number of aromatic hydroxyl groups is 1. The van der Waals surface area contributed by atoms with Crippen LogP contribution >= 0.6 is 0 Å². The fourth-order valence-corrected chi connectivity index (χ4v) is 3.73. The second kappa shape index (κ2) is 4.76. The van der Waals surface area contributed by atoms with Gasteiger partial charge in [0, 0.05) is 17.0 Å². The van der Waals surface area contributed by atoms with E-state index in [1.54, 1.807) is 0 Å². The van der Waals surface area contributed by atoms with Crippen molar-refractivity contribution in [2.45, 2.75) is 0 Å². The van der Waals surface area contributed by atoms with Crippen molar-refractivity contribution in [3.63, 3.8) is 0 Å². The first-order valence-electron chi connectivity index (χ1n) is 8.24. The van der Waals surface area contributed by atoms with E-state index in [4.69, 9.17) is 18.9 Å². The number of nitrogens with one attached hydrogen (secondary N) is 1. The highest BCUT2D eigenvalue weighted by Crippen LogP contribution is 2.46. The number of ether oxygens (including phenoxy) is 4. The van der Waals surface area contributed by atoms with Gasteiger partial charge in [-0.05, 0) is 52.2 Å². The van der Waals surface area contributed by atoms with Gasteiger partial charge in [0.1, 0.15) is 0 Å². The summed E-state index contributed by atoms with van der Waals surface area (Å²) in [4.78, 5) is 2.91. The predicted octanol–water partition coefficient (Wildman–Crippen LogP) is 4.15. The Bertz CT molecular complexity index is 1210. The number of hydrogen-bond donors (Lipinski definition) is 2. The van der Waals surface area contributed by atoms with Gasteiger partial charge in [0.25, 0.3) is 0 Å². The fourth-order valence-electron chi connectivity index (χ4n) is 3.73. The maximum atomic E-state index is 10.2. The number of benzene rings is 3. The molecule has 4 aromatic rings. The van der Waals surface area contributed by atoms with Crippen LogP contribution in [0.25, 0.3) is 32.7 Å². The molecule has 0 unspecified atom stereocenters. The molecule has 26 heavy (non-hydrogen) atoms. The summed E-state index contributed by atoms with van der Waals surface area (Å²) in [6.45, 7) is 0.448. The summed E-state index contributed by atoms with van der Waals surface area (Å²) in [5.41, 5.74) is 1.97. The first-order chi connectivity index (χ1) is 12.8. The van der Waals surface area contributed by atoms with E-state index in [9.17, 15) is 5.11 Å². The highest BCUT2D eigenvalue weighted by atomic mass is 16.7. The van der Waals surface area contributed by atoms with Crippen LogP contribution in [0.2, 0.25) is 0 Å². The van der Waals surface area contributed by atoms with Crippen LogP contribution in [-0.4, -0.2) is 23.7 Å². The summed E-state index contributed by atoms with van der Waals surface area (Å²) in [6, 6.07) is 11.7. The van der Waals surface area contributed by atoms with E-state index in [0.29, 0.717) is 11.5 Å². The van der Waals surface area contributed by atoms with Crippen molar-refractivity contribution < 1.29 is 24.1 Å². The van der Waals surface area contributed by atoms with E-state index in [1.807, 2.05) is 42.6 Å². The Morgan fingerprint density at radius 2 is 1.46 bits per heavy atom. The van der Waals surface area contributed by atoms with Crippen molar-refractivity contribution in [1.29, 1.82) is 0 Å². The summed E-state index contributed by atoms with van der Waals surface area (Å²) in [7, 11) is 0. The standard InChI is InChI=1S/C20H13NO5/c22-20-13-3-11-5-17-18(26-9-25-17)6-12(11)19(14(13)7-21-20)10-1-2-15-16(4-10)24-8-23-15/h1-7,21-22H,8-9H2. The number of H-pyrrole nitrogens is 1. The predicted molar refractivity (Wildman–Crippen MR) is 95.2 cm³/mol. The van der Waals surface area contributed by atoms with Crippen LogP contribution < -0.4 is 18.9 Å². The molecule has 2 N–H and O–H groups in total. The van der Waals surface area contributed by atoms with Gasteiger partial charge in [0.05, 0.1) is 0 Å². The van der Waals surface area contributed by atoms with E-state index in [2.05, 4.69) is 4.98 Å². The number of aromatic amines is 1.